The monoisotopic (exact) mass is 468 g/mol. The second-order valence-corrected chi connectivity index (χ2v) is 8.00. The van der Waals surface area contributed by atoms with Crippen LogP contribution in [0.4, 0.5) is 13.2 Å². The molecule has 0 saturated heterocycles. The maximum Gasteiger partial charge on any atom is 0.417 e. The highest BCUT2D eigenvalue weighted by Crippen LogP contribution is 2.43. The number of rotatable bonds is 4. The highest BCUT2D eigenvalue weighted by Gasteiger charge is 2.39. The standard InChI is InChI=1S/C21H16ClF3N2O3S/c1-3-29-19(28)17-11(2)26-20-27(8-9-31-20)18(17)16-7-6-15(30-16)12-4-5-14(22)13(10-12)21(23,24)25/h4-10,18H,3H2,1-2H3/t18-/m0/s1. The number of esters is 1. The number of aliphatic imine (C=N–C) groups is 1. The number of allylic oxidation sites excluding steroid dienone is 1. The molecule has 3 heterocycles. The Bertz CT molecular complexity index is 1140. The van der Waals surface area contributed by atoms with Gasteiger partial charge in [-0.25, -0.2) is 9.79 Å². The van der Waals surface area contributed by atoms with Crippen LogP contribution in [0.3, 0.4) is 0 Å². The van der Waals surface area contributed by atoms with Crippen LogP contribution >= 0.6 is 23.4 Å². The molecule has 0 bridgehead atoms. The van der Waals surface area contributed by atoms with Gasteiger partial charge in [0.15, 0.2) is 5.17 Å². The SMILES string of the molecule is CCOC(=O)C1=C(C)N=C2SC=CN2[C@H]1c1ccc(-c2ccc(Cl)c(C(F)(F)F)c2)o1. The van der Waals surface area contributed by atoms with Crippen molar-refractivity contribution in [2.75, 3.05) is 6.61 Å². The Hall–Kier alpha value is -2.65. The highest BCUT2D eigenvalue weighted by atomic mass is 35.5. The summed E-state index contributed by atoms with van der Waals surface area (Å²) in [5, 5.41) is 2.10. The van der Waals surface area contributed by atoms with E-state index < -0.39 is 28.8 Å². The molecule has 1 atom stereocenters. The van der Waals surface area contributed by atoms with Gasteiger partial charge in [0.25, 0.3) is 0 Å². The normalized spacial score (nSPS) is 18.3. The lowest BCUT2D eigenvalue weighted by molar-refractivity contribution is -0.139. The molecule has 1 aromatic carbocycles. The number of furan rings is 1. The predicted octanol–water partition coefficient (Wildman–Crippen LogP) is 6.39. The average Bonchev–Trinajstić information content (AvgIpc) is 3.36. The number of halogens is 4. The number of amidine groups is 1. The Morgan fingerprint density at radius 2 is 2.10 bits per heavy atom. The molecule has 2 aliphatic rings. The first-order chi connectivity index (χ1) is 14.7. The van der Waals surface area contributed by atoms with E-state index in [4.69, 9.17) is 20.8 Å². The molecule has 0 radical (unpaired) electrons. The summed E-state index contributed by atoms with van der Waals surface area (Å²) in [6, 6.07) is 6.12. The molecule has 31 heavy (non-hydrogen) atoms. The van der Waals surface area contributed by atoms with Crippen LogP contribution in [-0.2, 0) is 15.7 Å². The van der Waals surface area contributed by atoms with Crippen molar-refractivity contribution in [2.24, 2.45) is 4.99 Å². The smallest absolute Gasteiger partial charge is 0.417 e. The zero-order chi connectivity index (χ0) is 22.3. The van der Waals surface area contributed by atoms with E-state index in [2.05, 4.69) is 4.99 Å². The van der Waals surface area contributed by atoms with Crippen LogP contribution in [-0.4, -0.2) is 22.6 Å². The minimum Gasteiger partial charge on any atom is -0.463 e. The molecule has 0 saturated carbocycles. The van der Waals surface area contributed by atoms with Crippen LogP contribution in [0.25, 0.3) is 11.3 Å². The van der Waals surface area contributed by atoms with Crippen molar-refractivity contribution in [3.63, 3.8) is 0 Å². The van der Waals surface area contributed by atoms with Gasteiger partial charge in [-0.15, -0.1) is 0 Å². The topological polar surface area (TPSA) is 55.0 Å². The van der Waals surface area contributed by atoms with Crippen molar-refractivity contribution >= 4 is 34.5 Å². The second-order valence-electron chi connectivity index (χ2n) is 6.72. The largest absolute Gasteiger partial charge is 0.463 e. The van der Waals surface area contributed by atoms with Crippen molar-refractivity contribution in [2.45, 2.75) is 26.1 Å². The van der Waals surface area contributed by atoms with Crippen LogP contribution in [0.5, 0.6) is 0 Å². The Balaban J connectivity index is 1.76. The highest BCUT2D eigenvalue weighted by molar-refractivity contribution is 8.16. The fourth-order valence-electron chi connectivity index (χ4n) is 3.40. The first kappa shape index (κ1) is 21.6. The molecule has 5 nitrogen and oxygen atoms in total. The molecule has 1 aromatic heterocycles. The summed E-state index contributed by atoms with van der Waals surface area (Å²) in [5.41, 5.74) is 0.0800. The zero-order valence-electron chi connectivity index (χ0n) is 16.4. The number of benzene rings is 1. The third-order valence-corrected chi connectivity index (χ3v) is 5.87. The van der Waals surface area contributed by atoms with Crippen molar-refractivity contribution in [1.82, 2.24) is 4.90 Å². The van der Waals surface area contributed by atoms with E-state index in [1.54, 1.807) is 37.1 Å². The predicted molar refractivity (Wildman–Crippen MR) is 112 cm³/mol. The van der Waals surface area contributed by atoms with Crippen LogP contribution < -0.4 is 0 Å². The molecule has 0 amide bonds. The number of carbonyl (C=O) groups excluding carboxylic acids is 1. The first-order valence-electron chi connectivity index (χ1n) is 9.25. The molecular weight excluding hydrogens is 453 g/mol. The van der Waals surface area contributed by atoms with Gasteiger partial charge in [-0.2, -0.15) is 13.2 Å². The lowest BCUT2D eigenvalue weighted by Gasteiger charge is -2.31. The Labute approximate surface area is 185 Å². The molecule has 0 N–H and O–H groups in total. The van der Waals surface area contributed by atoms with Gasteiger partial charge < -0.3 is 14.1 Å². The van der Waals surface area contributed by atoms with Crippen LogP contribution in [0.2, 0.25) is 5.02 Å². The number of hydrogen-bond acceptors (Lipinski definition) is 6. The Morgan fingerprint density at radius 1 is 1.32 bits per heavy atom. The molecule has 0 aliphatic carbocycles. The van der Waals surface area contributed by atoms with Crippen molar-refractivity contribution in [1.29, 1.82) is 0 Å². The van der Waals surface area contributed by atoms with Crippen LogP contribution in [0, 0.1) is 0 Å². The molecule has 4 rings (SSSR count). The zero-order valence-corrected chi connectivity index (χ0v) is 17.9. The quantitative estimate of drug-likeness (QED) is 0.487. The third-order valence-electron chi connectivity index (χ3n) is 4.77. The van der Waals surface area contributed by atoms with Gasteiger partial charge in [-0.1, -0.05) is 23.4 Å². The molecule has 2 aromatic rings. The molecule has 10 heteroatoms. The van der Waals surface area contributed by atoms with E-state index in [0.29, 0.717) is 22.2 Å². The number of fused-ring (bicyclic) bond motifs is 1. The van der Waals surface area contributed by atoms with Gasteiger partial charge >= 0.3 is 12.1 Å². The van der Waals surface area contributed by atoms with Gasteiger partial charge in [-0.05, 0) is 49.6 Å². The first-order valence-corrected chi connectivity index (χ1v) is 10.5. The van der Waals surface area contributed by atoms with Crippen molar-refractivity contribution in [3.8, 4) is 11.3 Å². The summed E-state index contributed by atoms with van der Waals surface area (Å²) in [7, 11) is 0. The van der Waals surface area contributed by atoms with Gasteiger partial charge in [0.1, 0.15) is 17.6 Å². The lowest BCUT2D eigenvalue weighted by Crippen LogP contribution is -2.33. The molecular formula is C21H16ClF3N2O3S. The third kappa shape index (κ3) is 3.99. The fourth-order valence-corrected chi connectivity index (χ4v) is 4.42. The van der Waals surface area contributed by atoms with Crippen molar-refractivity contribution < 1.29 is 27.1 Å². The number of carbonyl (C=O) groups is 1. The minimum absolute atomic E-state index is 0.192. The molecule has 162 valence electrons. The van der Waals surface area contributed by atoms with E-state index in [1.165, 1.54) is 23.9 Å². The fraction of sp³-hybridized carbons (Fsp3) is 0.238. The lowest BCUT2D eigenvalue weighted by atomic mass is 10.00. The second kappa shape index (κ2) is 8.12. The van der Waals surface area contributed by atoms with Gasteiger partial charge in [0.2, 0.25) is 0 Å². The minimum atomic E-state index is -4.59. The number of alkyl halides is 3. The molecule has 0 unspecified atom stereocenters. The molecule has 2 aliphatic heterocycles. The Morgan fingerprint density at radius 3 is 2.81 bits per heavy atom. The number of nitrogens with zero attached hydrogens (tertiary/aromatic N) is 2. The maximum atomic E-state index is 13.2. The number of hydrogen-bond donors (Lipinski definition) is 0. The van der Waals surface area contributed by atoms with E-state index in [1.807, 2.05) is 5.41 Å². The average molecular weight is 469 g/mol. The van der Waals surface area contributed by atoms with E-state index in [9.17, 15) is 18.0 Å². The molecule has 0 fully saturated rings. The summed E-state index contributed by atoms with van der Waals surface area (Å²) in [5.74, 6) is 0.0697. The van der Waals surface area contributed by atoms with Gasteiger partial charge in [-0.3, -0.25) is 0 Å². The summed E-state index contributed by atoms with van der Waals surface area (Å²) in [6.45, 7) is 3.61. The summed E-state index contributed by atoms with van der Waals surface area (Å²) in [6.07, 6.45) is -2.82. The number of ether oxygens (including phenoxy) is 1. The van der Waals surface area contributed by atoms with Gasteiger partial charge in [0, 0.05) is 11.8 Å². The summed E-state index contributed by atoms with van der Waals surface area (Å²) < 4.78 is 50.9. The number of thioether (sulfide) groups is 1. The van der Waals surface area contributed by atoms with Gasteiger partial charge in [0.05, 0.1) is 28.5 Å². The Kier molecular flexibility index (Phi) is 5.65. The van der Waals surface area contributed by atoms with Crippen LogP contribution in [0.1, 0.15) is 31.2 Å². The van der Waals surface area contributed by atoms with E-state index in [0.717, 1.165) is 6.07 Å². The molecule has 0 spiro atoms. The summed E-state index contributed by atoms with van der Waals surface area (Å²) in [4.78, 5) is 18.9. The maximum absolute atomic E-state index is 13.2. The van der Waals surface area contributed by atoms with Crippen molar-refractivity contribution in [3.05, 3.63) is 69.6 Å². The van der Waals surface area contributed by atoms with E-state index >= 15 is 0 Å². The van der Waals surface area contributed by atoms with Crippen LogP contribution in [0.15, 0.2) is 62.6 Å². The summed E-state index contributed by atoms with van der Waals surface area (Å²) >= 11 is 7.11. The van der Waals surface area contributed by atoms with E-state index in [-0.39, 0.29) is 17.9 Å².